The zero-order valence-electron chi connectivity index (χ0n) is 12.5. The van der Waals surface area contributed by atoms with Gasteiger partial charge in [0.15, 0.2) is 4.34 Å². The summed E-state index contributed by atoms with van der Waals surface area (Å²) in [5, 5.41) is 0. The molecule has 2 amide bonds. The number of hydrogen-bond acceptors (Lipinski definition) is 6. The van der Waals surface area contributed by atoms with E-state index >= 15 is 0 Å². The number of ether oxygens (including phenoxy) is 1. The number of thioether (sulfide) groups is 1. The first kappa shape index (κ1) is 16.6. The Balaban J connectivity index is 1.77. The second kappa shape index (κ2) is 6.97. The third kappa shape index (κ3) is 5.19. The normalized spacial score (nSPS) is 11.2. The number of amides is 2. The predicted octanol–water partition coefficient (Wildman–Crippen LogP) is 2.94. The van der Waals surface area contributed by atoms with E-state index in [1.807, 2.05) is 24.3 Å². The number of nitrogens with one attached hydrogen (secondary N) is 2. The highest BCUT2D eigenvalue weighted by Gasteiger charge is 2.16. The fourth-order valence-electron chi connectivity index (χ4n) is 1.50. The van der Waals surface area contributed by atoms with Gasteiger partial charge in [0.2, 0.25) is 5.91 Å². The van der Waals surface area contributed by atoms with Crippen molar-refractivity contribution in [2.75, 3.05) is 5.75 Å². The number of aromatic nitrogens is 1. The summed E-state index contributed by atoms with van der Waals surface area (Å²) < 4.78 is 6.90. The number of hydrazine groups is 1. The van der Waals surface area contributed by atoms with Gasteiger partial charge >= 0.3 is 6.09 Å². The molecule has 1 aromatic heterocycles. The molecule has 0 fully saturated rings. The summed E-state index contributed by atoms with van der Waals surface area (Å²) in [6.45, 7) is 5.24. The van der Waals surface area contributed by atoms with Crippen LogP contribution in [0, 0.1) is 0 Å². The van der Waals surface area contributed by atoms with E-state index in [-0.39, 0.29) is 11.7 Å². The predicted molar refractivity (Wildman–Crippen MR) is 87.9 cm³/mol. The molecule has 0 atom stereocenters. The van der Waals surface area contributed by atoms with Crippen LogP contribution in [0.5, 0.6) is 0 Å². The lowest BCUT2D eigenvalue weighted by atomic mass is 10.2. The van der Waals surface area contributed by atoms with Gasteiger partial charge in [-0.1, -0.05) is 23.9 Å². The second-order valence-electron chi connectivity index (χ2n) is 5.41. The van der Waals surface area contributed by atoms with Crippen molar-refractivity contribution in [1.29, 1.82) is 0 Å². The Morgan fingerprint density at radius 1 is 1.27 bits per heavy atom. The van der Waals surface area contributed by atoms with Crippen molar-refractivity contribution in [1.82, 2.24) is 15.8 Å². The number of nitrogens with zero attached hydrogens (tertiary/aromatic N) is 1. The van der Waals surface area contributed by atoms with Gasteiger partial charge in [0, 0.05) is 0 Å². The molecule has 2 rings (SSSR count). The van der Waals surface area contributed by atoms with Gasteiger partial charge in [-0.15, -0.1) is 11.3 Å². The lowest BCUT2D eigenvalue weighted by Crippen LogP contribution is -2.44. The van der Waals surface area contributed by atoms with Crippen LogP contribution in [-0.4, -0.2) is 28.3 Å². The Kier molecular flexibility index (Phi) is 5.25. The maximum atomic E-state index is 11.7. The molecule has 0 aliphatic carbocycles. The van der Waals surface area contributed by atoms with E-state index < -0.39 is 11.7 Å². The van der Waals surface area contributed by atoms with Crippen LogP contribution in [0.1, 0.15) is 20.8 Å². The fraction of sp³-hybridized carbons (Fsp3) is 0.357. The van der Waals surface area contributed by atoms with Gasteiger partial charge in [0.1, 0.15) is 5.60 Å². The minimum Gasteiger partial charge on any atom is -0.443 e. The van der Waals surface area contributed by atoms with Crippen molar-refractivity contribution in [3.05, 3.63) is 24.3 Å². The zero-order valence-corrected chi connectivity index (χ0v) is 14.1. The van der Waals surface area contributed by atoms with Crippen LogP contribution in [0.3, 0.4) is 0 Å². The number of para-hydroxylation sites is 1. The highest BCUT2D eigenvalue weighted by molar-refractivity contribution is 8.01. The van der Waals surface area contributed by atoms with Crippen molar-refractivity contribution < 1.29 is 14.3 Å². The summed E-state index contributed by atoms with van der Waals surface area (Å²) in [6, 6.07) is 7.79. The second-order valence-corrected chi connectivity index (χ2v) is 7.66. The Hall–Kier alpha value is -1.80. The zero-order chi connectivity index (χ0) is 16.2. The summed E-state index contributed by atoms with van der Waals surface area (Å²) in [6.07, 6.45) is -0.689. The molecule has 6 nitrogen and oxygen atoms in total. The van der Waals surface area contributed by atoms with Gasteiger partial charge in [0.05, 0.1) is 16.0 Å². The average molecular weight is 339 g/mol. The summed E-state index contributed by atoms with van der Waals surface area (Å²) in [5.74, 6) is -0.162. The van der Waals surface area contributed by atoms with E-state index in [0.717, 1.165) is 14.6 Å². The topological polar surface area (TPSA) is 80.3 Å². The molecule has 2 N–H and O–H groups in total. The largest absolute Gasteiger partial charge is 0.443 e. The molecule has 0 unspecified atom stereocenters. The first-order valence-corrected chi connectivity index (χ1v) is 8.40. The molecular formula is C14H17N3O3S2. The number of carbonyl (C=O) groups excluding carboxylic acids is 2. The molecule has 118 valence electrons. The molecular weight excluding hydrogens is 322 g/mol. The van der Waals surface area contributed by atoms with Gasteiger partial charge in [0.25, 0.3) is 0 Å². The highest BCUT2D eigenvalue weighted by atomic mass is 32.2. The number of benzene rings is 1. The van der Waals surface area contributed by atoms with Gasteiger partial charge in [-0.25, -0.2) is 15.2 Å². The van der Waals surface area contributed by atoms with Crippen molar-refractivity contribution >= 4 is 45.3 Å². The first-order valence-electron chi connectivity index (χ1n) is 6.60. The summed E-state index contributed by atoms with van der Waals surface area (Å²) in [5.41, 5.74) is 4.82. The van der Waals surface area contributed by atoms with Crippen LogP contribution in [0.25, 0.3) is 10.2 Å². The molecule has 1 aromatic carbocycles. The van der Waals surface area contributed by atoms with Crippen LogP contribution in [0.15, 0.2) is 28.6 Å². The lowest BCUT2D eigenvalue weighted by molar-refractivity contribution is -0.119. The molecule has 8 heteroatoms. The lowest BCUT2D eigenvalue weighted by Gasteiger charge is -2.19. The molecule has 1 heterocycles. The maximum absolute atomic E-state index is 11.7. The van der Waals surface area contributed by atoms with Crippen LogP contribution in [0.4, 0.5) is 4.79 Å². The minimum absolute atomic E-state index is 0.162. The summed E-state index contributed by atoms with van der Waals surface area (Å²) in [4.78, 5) is 27.5. The molecule has 0 saturated carbocycles. The average Bonchev–Trinajstić information content (AvgIpc) is 2.84. The van der Waals surface area contributed by atoms with Crippen molar-refractivity contribution in [3.63, 3.8) is 0 Å². The Bertz CT molecular complexity index is 646. The molecule has 0 radical (unpaired) electrons. The van der Waals surface area contributed by atoms with E-state index in [1.54, 1.807) is 20.8 Å². The van der Waals surface area contributed by atoms with Gasteiger partial charge in [-0.2, -0.15) is 0 Å². The Labute approximate surface area is 136 Å². The van der Waals surface area contributed by atoms with Gasteiger partial charge in [-0.05, 0) is 32.9 Å². The quantitative estimate of drug-likeness (QED) is 0.664. The number of fused-ring (bicyclic) bond motifs is 1. The van der Waals surface area contributed by atoms with Crippen LogP contribution in [-0.2, 0) is 9.53 Å². The van der Waals surface area contributed by atoms with E-state index in [2.05, 4.69) is 15.8 Å². The monoisotopic (exact) mass is 339 g/mol. The number of hydrogen-bond donors (Lipinski definition) is 2. The molecule has 22 heavy (non-hydrogen) atoms. The molecule has 0 aliphatic rings. The summed E-state index contributed by atoms with van der Waals surface area (Å²) in [7, 11) is 0. The van der Waals surface area contributed by atoms with Crippen molar-refractivity contribution in [2.24, 2.45) is 0 Å². The van der Waals surface area contributed by atoms with E-state index in [0.29, 0.717) is 0 Å². The van der Waals surface area contributed by atoms with E-state index in [4.69, 9.17) is 4.74 Å². The first-order chi connectivity index (χ1) is 10.3. The Morgan fingerprint density at radius 2 is 2.00 bits per heavy atom. The molecule has 0 saturated heterocycles. The minimum atomic E-state index is -0.689. The molecule has 2 aromatic rings. The van der Waals surface area contributed by atoms with E-state index in [1.165, 1.54) is 23.1 Å². The maximum Gasteiger partial charge on any atom is 0.426 e. The fourth-order valence-corrected chi connectivity index (χ4v) is 3.37. The van der Waals surface area contributed by atoms with Crippen LogP contribution < -0.4 is 10.9 Å². The van der Waals surface area contributed by atoms with Crippen LogP contribution in [0.2, 0.25) is 0 Å². The molecule has 0 spiro atoms. The van der Waals surface area contributed by atoms with Crippen LogP contribution >= 0.6 is 23.1 Å². The third-order valence-electron chi connectivity index (χ3n) is 2.30. The number of thiazole rings is 1. The smallest absolute Gasteiger partial charge is 0.426 e. The standard InChI is InChI=1S/C14H17N3O3S2/c1-14(2,3)20-12(19)17-16-11(18)8-21-13-15-9-6-4-5-7-10(9)22-13/h4-7H,8H2,1-3H3,(H,16,18)(H,17,19). The third-order valence-corrected chi connectivity index (χ3v) is 4.48. The van der Waals surface area contributed by atoms with Crippen molar-refractivity contribution in [2.45, 2.75) is 30.7 Å². The summed E-state index contributed by atoms with van der Waals surface area (Å²) >= 11 is 2.85. The van der Waals surface area contributed by atoms with Crippen molar-refractivity contribution in [3.8, 4) is 0 Å². The molecule has 0 bridgehead atoms. The number of carbonyl (C=O) groups is 2. The number of rotatable bonds is 3. The van der Waals surface area contributed by atoms with E-state index in [9.17, 15) is 9.59 Å². The van der Waals surface area contributed by atoms with Gasteiger partial charge < -0.3 is 4.74 Å². The SMILES string of the molecule is CC(C)(C)OC(=O)NNC(=O)CSc1nc2ccccc2s1. The highest BCUT2D eigenvalue weighted by Crippen LogP contribution is 2.28. The van der Waals surface area contributed by atoms with Gasteiger partial charge in [-0.3, -0.25) is 10.2 Å². The molecule has 0 aliphatic heterocycles. The Morgan fingerprint density at radius 3 is 2.68 bits per heavy atom.